The molecule has 0 aliphatic carbocycles. The van der Waals surface area contributed by atoms with E-state index in [-0.39, 0.29) is 25.5 Å². The summed E-state index contributed by atoms with van der Waals surface area (Å²) in [6, 6.07) is 0.819. The molecular formula is C10H12F3N3O2. The average Bonchev–Trinajstić information content (AvgIpc) is 2.61. The van der Waals surface area contributed by atoms with Crippen molar-refractivity contribution in [2.24, 2.45) is 0 Å². The number of aromatic nitrogens is 2. The van der Waals surface area contributed by atoms with Crippen molar-refractivity contribution in [1.29, 1.82) is 0 Å². The molecule has 0 unspecified atom stereocenters. The van der Waals surface area contributed by atoms with E-state index in [2.05, 4.69) is 5.10 Å². The summed E-state index contributed by atoms with van der Waals surface area (Å²) < 4.78 is 37.8. The van der Waals surface area contributed by atoms with E-state index in [1.807, 2.05) is 0 Å². The molecule has 0 radical (unpaired) electrons. The van der Waals surface area contributed by atoms with Gasteiger partial charge in [0.15, 0.2) is 5.69 Å². The first-order chi connectivity index (χ1) is 8.17. The Kier molecular flexibility index (Phi) is 2.84. The molecule has 0 saturated carbocycles. The standard InChI is InChI=1S/C10H12F3N3O2/c1-9(18)5-15(6-9)8(17)4-16-3-2-7(14-16)10(11,12)13/h2-3,18H,4-6H2,1H3. The van der Waals surface area contributed by atoms with Gasteiger partial charge in [-0.3, -0.25) is 9.48 Å². The van der Waals surface area contributed by atoms with E-state index >= 15 is 0 Å². The second-order valence-electron chi connectivity index (χ2n) is 4.64. The van der Waals surface area contributed by atoms with Gasteiger partial charge in [0, 0.05) is 6.20 Å². The molecule has 1 saturated heterocycles. The third-order valence-corrected chi connectivity index (χ3v) is 2.64. The summed E-state index contributed by atoms with van der Waals surface area (Å²) >= 11 is 0. The SMILES string of the molecule is CC1(O)CN(C(=O)Cn2ccc(C(F)(F)F)n2)C1. The van der Waals surface area contributed by atoms with Crippen molar-refractivity contribution >= 4 is 5.91 Å². The Morgan fingerprint density at radius 2 is 2.17 bits per heavy atom. The molecule has 1 aromatic rings. The maximum atomic E-state index is 12.3. The molecule has 8 heteroatoms. The molecule has 1 N–H and O–H groups in total. The van der Waals surface area contributed by atoms with Crippen LogP contribution in [0.4, 0.5) is 13.2 Å². The molecular weight excluding hydrogens is 251 g/mol. The molecule has 2 rings (SSSR count). The highest BCUT2D eigenvalue weighted by atomic mass is 19.4. The van der Waals surface area contributed by atoms with E-state index in [0.717, 1.165) is 16.9 Å². The smallest absolute Gasteiger partial charge is 0.386 e. The Hall–Kier alpha value is -1.57. The third kappa shape index (κ3) is 2.63. The van der Waals surface area contributed by atoms with E-state index in [4.69, 9.17) is 0 Å². The number of likely N-dealkylation sites (tertiary alicyclic amines) is 1. The first kappa shape index (κ1) is 12.9. The van der Waals surface area contributed by atoms with Crippen LogP contribution >= 0.6 is 0 Å². The fourth-order valence-corrected chi connectivity index (χ4v) is 1.79. The van der Waals surface area contributed by atoms with Crippen molar-refractivity contribution in [3.05, 3.63) is 18.0 Å². The molecule has 0 bridgehead atoms. The number of halogens is 3. The number of carbonyl (C=O) groups excluding carboxylic acids is 1. The predicted octanol–water partition coefficient (Wildman–Crippen LogP) is 0.495. The molecule has 2 heterocycles. The Labute approximate surface area is 101 Å². The third-order valence-electron chi connectivity index (χ3n) is 2.64. The van der Waals surface area contributed by atoms with Crippen molar-refractivity contribution in [3.63, 3.8) is 0 Å². The van der Waals surface area contributed by atoms with Crippen molar-refractivity contribution in [3.8, 4) is 0 Å². The minimum absolute atomic E-state index is 0.194. The highest BCUT2D eigenvalue weighted by Crippen LogP contribution is 2.27. The zero-order chi connectivity index (χ0) is 13.6. The van der Waals surface area contributed by atoms with Gasteiger partial charge in [0.05, 0.1) is 18.7 Å². The van der Waals surface area contributed by atoms with Crippen LogP contribution in [0.2, 0.25) is 0 Å². The number of hydrogen-bond donors (Lipinski definition) is 1. The highest BCUT2D eigenvalue weighted by Gasteiger charge is 2.39. The lowest BCUT2D eigenvalue weighted by Crippen LogP contribution is -2.62. The maximum absolute atomic E-state index is 12.3. The van der Waals surface area contributed by atoms with Gasteiger partial charge in [-0.05, 0) is 13.0 Å². The second-order valence-corrected chi connectivity index (χ2v) is 4.64. The topological polar surface area (TPSA) is 58.4 Å². The van der Waals surface area contributed by atoms with Gasteiger partial charge in [0.1, 0.15) is 6.54 Å². The summed E-state index contributed by atoms with van der Waals surface area (Å²) in [4.78, 5) is 13.0. The van der Waals surface area contributed by atoms with E-state index in [1.165, 1.54) is 4.90 Å². The van der Waals surface area contributed by atoms with Crippen molar-refractivity contribution in [2.75, 3.05) is 13.1 Å². The van der Waals surface area contributed by atoms with Gasteiger partial charge in [0.2, 0.25) is 5.91 Å². The van der Waals surface area contributed by atoms with Crippen LogP contribution in [0, 0.1) is 0 Å². The van der Waals surface area contributed by atoms with E-state index in [1.54, 1.807) is 6.92 Å². The van der Waals surface area contributed by atoms with Gasteiger partial charge in [0.25, 0.3) is 0 Å². The predicted molar refractivity (Wildman–Crippen MR) is 54.4 cm³/mol. The van der Waals surface area contributed by atoms with Gasteiger partial charge in [-0.1, -0.05) is 0 Å². The molecule has 0 atom stereocenters. The van der Waals surface area contributed by atoms with E-state index in [0.29, 0.717) is 0 Å². The Morgan fingerprint density at radius 3 is 2.61 bits per heavy atom. The highest BCUT2D eigenvalue weighted by molar-refractivity contribution is 5.77. The quantitative estimate of drug-likeness (QED) is 0.845. The largest absolute Gasteiger partial charge is 0.435 e. The van der Waals surface area contributed by atoms with Crippen LogP contribution in [0.15, 0.2) is 12.3 Å². The lowest BCUT2D eigenvalue weighted by Gasteiger charge is -2.44. The maximum Gasteiger partial charge on any atom is 0.435 e. The number of alkyl halides is 3. The summed E-state index contributed by atoms with van der Waals surface area (Å²) in [5, 5.41) is 12.7. The van der Waals surface area contributed by atoms with E-state index < -0.39 is 17.5 Å². The number of hydrogen-bond acceptors (Lipinski definition) is 3. The molecule has 1 aliphatic rings. The first-order valence-electron chi connectivity index (χ1n) is 5.28. The summed E-state index contributed by atoms with van der Waals surface area (Å²) in [6.07, 6.45) is -3.40. The Balaban J connectivity index is 1.94. The van der Waals surface area contributed by atoms with Crippen LogP contribution in [0.3, 0.4) is 0 Å². The summed E-state index contributed by atoms with van der Waals surface area (Å²) in [6.45, 7) is 1.72. The van der Waals surface area contributed by atoms with Crippen LogP contribution in [-0.2, 0) is 17.5 Å². The van der Waals surface area contributed by atoms with Crippen molar-refractivity contribution < 1.29 is 23.1 Å². The van der Waals surface area contributed by atoms with E-state index in [9.17, 15) is 23.1 Å². The summed E-state index contributed by atoms with van der Waals surface area (Å²) in [5.41, 5.74) is -1.91. The lowest BCUT2D eigenvalue weighted by molar-refractivity contribution is -0.153. The van der Waals surface area contributed by atoms with Gasteiger partial charge >= 0.3 is 6.18 Å². The summed E-state index contributed by atoms with van der Waals surface area (Å²) in [5.74, 6) is -0.363. The number of rotatable bonds is 2. The molecule has 1 fully saturated rings. The van der Waals surface area contributed by atoms with Crippen LogP contribution in [0.1, 0.15) is 12.6 Å². The van der Waals surface area contributed by atoms with Crippen LogP contribution < -0.4 is 0 Å². The van der Waals surface area contributed by atoms with Crippen LogP contribution in [0.25, 0.3) is 0 Å². The molecule has 1 amide bonds. The summed E-state index contributed by atoms with van der Waals surface area (Å²) in [7, 11) is 0. The lowest BCUT2D eigenvalue weighted by atomic mass is 9.97. The monoisotopic (exact) mass is 263 g/mol. The molecule has 1 aliphatic heterocycles. The number of carbonyl (C=O) groups is 1. The number of β-amino-alcohol motifs (C(OH)–C–C–N with tert-alkyl or cyclic N) is 1. The van der Waals surface area contributed by atoms with Crippen LogP contribution in [0.5, 0.6) is 0 Å². The molecule has 0 aromatic carbocycles. The minimum atomic E-state index is -4.51. The zero-order valence-electron chi connectivity index (χ0n) is 9.61. The number of amides is 1. The van der Waals surface area contributed by atoms with Gasteiger partial charge in [-0.15, -0.1) is 0 Å². The minimum Gasteiger partial charge on any atom is -0.386 e. The molecule has 1 aromatic heterocycles. The average molecular weight is 263 g/mol. The molecule has 5 nitrogen and oxygen atoms in total. The Morgan fingerprint density at radius 1 is 1.56 bits per heavy atom. The number of nitrogens with zero attached hydrogens (tertiary/aromatic N) is 3. The van der Waals surface area contributed by atoms with Crippen molar-refractivity contribution in [2.45, 2.75) is 25.2 Å². The van der Waals surface area contributed by atoms with Gasteiger partial charge in [-0.25, -0.2) is 0 Å². The van der Waals surface area contributed by atoms with Gasteiger partial charge in [-0.2, -0.15) is 18.3 Å². The molecule has 0 spiro atoms. The first-order valence-corrected chi connectivity index (χ1v) is 5.28. The second kappa shape index (κ2) is 3.98. The van der Waals surface area contributed by atoms with Gasteiger partial charge < -0.3 is 10.0 Å². The fourth-order valence-electron chi connectivity index (χ4n) is 1.79. The Bertz CT molecular complexity index is 459. The zero-order valence-corrected chi connectivity index (χ0v) is 9.61. The normalized spacial score (nSPS) is 18.6. The molecule has 100 valence electrons. The van der Waals surface area contributed by atoms with Crippen molar-refractivity contribution in [1.82, 2.24) is 14.7 Å². The molecule has 18 heavy (non-hydrogen) atoms. The fraction of sp³-hybridized carbons (Fsp3) is 0.600. The number of aliphatic hydroxyl groups is 1. The van der Waals surface area contributed by atoms with Crippen LogP contribution in [-0.4, -0.2) is 44.4 Å².